The van der Waals surface area contributed by atoms with E-state index < -0.39 is 5.97 Å². The number of nitrogens with zero attached hydrogens (tertiary/aromatic N) is 4. The van der Waals surface area contributed by atoms with Gasteiger partial charge in [0.1, 0.15) is 0 Å². The van der Waals surface area contributed by atoms with Gasteiger partial charge in [0.05, 0.1) is 22.2 Å². The Bertz CT molecular complexity index is 1120. The highest BCUT2D eigenvalue weighted by molar-refractivity contribution is 7.16. The van der Waals surface area contributed by atoms with Crippen LogP contribution in [0.25, 0.3) is 11.3 Å². The monoisotopic (exact) mass is 518 g/mol. The van der Waals surface area contributed by atoms with E-state index >= 15 is 0 Å². The fraction of sp³-hybridized carbons (Fsp3) is 0.360. The van der Waals surface area contributed by atoms with Gasteiger partial charge in [-0.2, -0.15) is 0 Å². The lowest BCUT2D eigenvalue weighted by molar-refractivity contribution is -0.136. The molecule has 0 amide bonds. The van der Waals surface area contributed by atoms with Crippen molar-refractivity contribution in [3.05, 3.63) is 69.0 Å². The van der Waals surface area contributed by atoms with Gasteiger partial charge in [-0.05, 0) is 24.7 Å². The third-order valence-corrected chi connectivity index (χ3v) is 7.76. The molecule has 1 aliphatic heterocycles. The van der Waals surface area contributed by atoms with Gasteiger partial charge in [-0.25, -0.2) is 4.98 Å². The summed E-state index contributed by atoms with van der Waals surface area (Å²) in [5, 5.41) is 11.1. The van der Waals surface area contributed by atoms with Gasteiger partial charge in [0.25, 0.3) is 0 Å². The summed E-state index contributed by atoms with van der Waals surface area (Å²) in [6.45, 7) is 5.83. The molecular weight excluding hydrogens is 491 g/mol. The SMILES string of the molecule is CN1CCN(Cc2sc(N(CCC(=O)O)Cc3ccccc3)nc2-c2ccc(Cl)c(Cl)c2)CC1. The Morgan fingerprint density at radius 1 is 1.09 bits per heavy atom. The second-order valence-corrected chi connectivity index (χ2v) is 10.4. The van der Waals surface area contributed by atoms with E-state index in [2.05, 4.69) is 21.7 Å². The predicted octanol–water partition coefficient (Wildman–Crippen LogP) is 5.35. The molecule has 180 valence electrons. The molecule has 1 N–H and O–H groups in total. The fourth-order valence-corrected chi connectivity index (χ4v) is 5.38. The molecule has 9 heteroatoms. The molecule has 1 fully saturated rings. The van der Waals surface area contributed by atoms with E-state index in [0.717, 1.165) is 59.6 Å². The largest absolute Gasteiger partial charge is 0.481 e. The Labute approximate surface area is 214 Å². The number of aromatic nitrogens is 1. The van der Waals surface area contributed by atoms with Crippen LogP contribution < -0.4 is 4.90 Å². The summed E-state index contributed by atoms with van der Waals surface area (Å²) in [5.74, 6) is -0.822. The number of thiazole rings is 1. The number of carboxylic acid groups (broad SMARTS) is 1. The first-order valence-corrected chi connectivity index (χ1v) is 12.8. The molecule has 1 aromatic heterocycles. The topological polar surface area (TPSA) is 59.9 Å². The highest BCUT2D eigenvalue weighted by Gasteiger charge is 2.22. The lowest BCUT2D eigenvalue weighted by Crippen LogP contribution is -2.43. The average molecular weight is 519 g/mol. The van der Waals surface area contributed by atoms with Crippen LogP contribution in [0.2, 0.25) is 10.0 Å². The third-order valence-electron chi connectivity index (χ3n) is 5.92. The van der Waals surface area contributed by atoms with E-state index in [1.165, 1.54) is 0 Å². The highest BCUT2D eigenvalue weighted by atomic mass is 35.5. The molecule has 4 rings (SSSR count). The van der Waals surface area contributed by atoms with Crippen molar-refractivity contribution in [3.8, 4) is 11.3 Å². The first kappa shape index (κ1) is 24.9. The molecule has 0 atom stereocenters. The fourth-order valence-electron chi connectivity index (χ4n) is 3.94. The molecule has 2 heterocycles. The Morgan fingerprint density at radius 2 is 1.82 bits per heavy atom. The standard InChI is InChI=1S/C25H28Cl2N4O2S/c1-29-11-13-30(14-12-29)17-22-24(19-7-8-20(26)21(27)15-19)28-25(34-22)31(10-9-23(32)33)16-18-5-3-2-4-6-18/h2-8,15H,9-14,16-17H2,1H3,(H,32,33). The summed E-state index contributed by atoms with van der Waals surface area (Å²) >= 11 is 14.1. The molecule has 3 aromatic rings. The number of anilines is 1. The summed E-state index contributed by atoms with van der Waals surface area (Å²) in [4.78, 5) is 24.4. The van der Waals surface area contributed by atoms with Gasteiger partial charge in [-0.15, -0.1) is 0 Å². The van der Waals surface area contributed by atoms with Crippen LogP contribution in [0.1, 0.15) is 16.9 Å². The van der Waals surface area contributed by atoms with Crippen LogP contribution in [0.15, 0.2) is 48.5 Å². The van der Waals surface area contributed by atoms with Gasteiger partial charge in [-0.1, -0.05) is 70.9 Å². The van der Waals surface area contributed by atoms with E-state index in [9.17, 15) is 9.90 Å². The van der Waals surface area contributed by atoms with E-state index in [1.807, 2.05) is 42.5 Å². The normalized spacial score (nSPS) is 14.9. The summed E-state index contributed by atoms with van der Waals surface area (Å²) < 4.78 is 0. The molecule has 34 heavy (non-hydrogen) atoms. The molecular formula is C25H28Cl2N4O2S. The number of halogens is 2. The zero-order valence-electron chi connectivity index (χ0n) is 19.1. The van der Waals surface area contributed by atoms with Gasteiger partial charge in [0, 0.05) is 56.3 Å². The van der Waals surface area contributed by atoms with Gasteiger partial charge < -0.3 is 14.9 Å². The summed E-state index contributed by atoms with van der Waals surface area (Å²) in [6.07, 6.45) is 0.0440. The lowest BCUT2D eigenvalue weighted by atomic mass is 10.1. The minimum absolute atomic E-state index is 0.0440. The number of hydrogen-bond acceptors (Lipinski definition) is 6. The molecule has 6 nitrogen and oxygen atoms in total. The summed E-state index contributed by atoms with van der Waals surface area (Å²) in [5.41, 5.74) is 2.91. The Kier molecular flexibility index (Phi) is 8.45. The van der Waals surface area contributed by atoms with Gasteiger partial charge in [-0.3, -0.25) is 9.69 Å². The first-order valence-electron chi connectivity index (χ1n) is 11.3. The van der Waals surface area contributed by atoms with Crippen molar-refractivity contribution in [2.24, 2.45) is 0 Å². The smallest absolute Gasteiger partial charge is 0.305 e. The third kappa shape index (κ3) is 6.49. The van der Waals surface area contributed by atoms with Crippen LogP contribution in [0.4, 0.5) is 5.13 Å². The second-order valence-electron chi connectivity index (χ2n) is 8.53. The molecule has 1 saturated heterocycles. The van der Waals surface area contributed by atoms with Crippen LogP contribution in [-0.2, 0) is 17.9 Å². The maximum atomic E-state index is 11.4. The highest BCUT2D eigenvalue weighted by Crippen LogP contribution is 2.37. The minimum Gasteiger partial charge on any atom is -0.481 e. The molecule has 1 aliphatic rings. The summed E-state index contributed by atoms with van der Waals surface area (Å²) in [6, 6.07) is 15.7. The van der Waals surface area contributed by atoms with Crippen molar-refractivity contribution in [1.82, 2.24) is 14.8 Å². The molecule has 0 radical (unpaired) electrons. The predicted molar refractivity (Wildman–Crippen MR) is 140 cm³/mol. The van der Waals surface area contributed by atoms with Crippen molar-refractivity contribution in [1.29, 1.82) is 0 Å². The van der Waals surface area contributed by atoms with E-state index in [4.69, 9.17) is 28.2 Å². The lowest BCUT2D eigenvalue weighted by Gasteiger charge is -2.32. The number of aliphatic carboxylic acids is 1. The molecule has 2 aromatic carbocycles. The van der Waals surface area contributed by atoms with Gasteiger partial charge >= 0.3 is 5.97 Å². The molecule has 0 spiro atoms. The van der Waals surface area contributed by atoms with Gasteiger partial charge in [0.15, 0.2) is 5.13 Å². The molecule has 0 bridgehead atoms. The van der Waals surface area contributed by atoms with Crippen LogP contribution in [0.3, 0.4) is 0 Å². The van der Waals surface area contributed by atoms with Crippen LogP contribution >= 0.6 is 34.5 Å². The number of piperazine rings is 1. The zero-order valence-corrected chi connectivity index (χ0v) is 21.4. The van der Waals surface area contributed by atoms with Crippen molar-refractivity contribution in [2.45, 2.75) is 19.5 Å². The average Bonchev–Trinajstić information content (AvgIpc) is 3.24. The van der Waals surface area contributed by atoms with Crippen LogP contribution in [0.5, 0.6) is 0 Å². The van der Waals surface area contributed by atoms with Crippen LogP contribution in [0, 0.1) is 0 Å². The number of likely N-dealkylation sites (N-methyl/N-ethyl adjacent to an activating group) is 1. The summed E-state index contributed by atoms with van der Waals surface area (Å²) in [7, 11) is 2.15. The quantitative estimate of drug-likeness (QED) is 0.412. The molecule has 0 unspecified atom stereocenters. The minimum atomic E-state index is -0.822. The molecule has 0 saturated carbocycles. The van der Waals surface area contributed by atoms with Crippen molar-refractivity contribution in [2.75, 3.05) is 44.7 Å². The number of hydrogen-bond donors (Lipinski definition) is 1. The zero-order chi connectivity index (χ0) is 24.1. The first-order chi connectivity index (χ1) is 16.4. The Morgan fingerprint density at radius 3 is 2.50 bits per heavy atom. The maximum absolute atomic E-state index is 11.4. The number of benzene rings is 2. The second kappa shape index (κ2) is 11.5. The Hall–Kier alpha value is -2.16. The van der Waals surface area contributed by atoms with Gasteiger partial charge in [0.2, 0.25) is 0 Å². The van der Waals surface area contributed by atoms with Crippen molar-refractivity contribution < 1.29 is 9.90 Å². The van der Waals surface area contributed by atoms with Crippen molar-refractivity contribution in [3.63, 3.8) is 0 Å². The van der Waals surface area contributed by atoms with E-state index in [0.29, 0.717) is 23.1 Å². The number of rotatable bonds is 9. The maximum Gasteiger partial charge on any atom is 0.305 e. The molecule has 0 aliphatic carbocycles. The Balaban J connectivity index is 1.68. The number of carbonyl (C=O) groups is 1. The van der Waals surface area contributed by atoms with E-state index in [1.54, 1.807) is 17.4 Å². The number of carboxylic acids is 1. The van der Waals surface area contributed by atoms with Crippen molar-refractivity contribution >= 4 is 45.6 Å². The van der Waals surface area contributed by atoms with Crippen LogP contribution in [-0.4, -0.2) is 65.6 Å². The van der Waals surface area contributed by atoms with E-state index in [-0.39, 0.29) is 6.42 Å².